The minimum absolute atomic E-state index is 0.0315. The van der Waals surface area contributed by atoms with Crippen LogP contribution in [0.2, 0.25) is 0 Å². The minimum atomic E-state index is -0.427. The highest BCUT2D eigenvalue weighted by molar-refractivity contribution is 6.05. The summed E-state index contributed by atoms with van der Waals surface area (Å²) in [4.78, 5) is 38.8. The number of carbonyl (C=O) groups excluding carboxylic acids is 3. The molecule has 1 aliphatic rings. The van der Waals surface area contributed by atoms with Gasteiger partial charge in [-0.05, 0) is 24.6 Å². The third-order valence-electron chi connectivity index (χ3n) is 4.57. The molecule has 27 heavy (non-hydrogen) atoms. The molecule has 3 rings (SSSR count). The fourth-order valence-corrected chi connectivity index (χ4v) is 3.19. The fourth-order valence-electron chi connectivity index (χ4n) is 3.19. The molecule has 6 heteroatoms. The van der Waals surface area contributed by atoms with E-state index in [9.17, 15) is 14.4 Å². The van der Waals surface area contributed by atoms with Crippen LogP contribution in [0.25, 0.3) is 0 Å². The van der Waals surface area contributed by atoms with Crippen LogP contribution in [0, 0.1) is 5.92 Å². The van der Waals surface area contributed by atoms with Crippen LogP contribution in [0.15, 0.2) is 54.6 Å². The van der Waals surface area contributed by atoms with Gasteiger partial charge in [0, 0.05) is 26.1 Å². The summed E-state index contributed by atoms with van der Waals surface area (Å²) in [6.07, 6.45) is 0.183. The molecular weight excluding hydrogens is 342 g/mol. The number of hydrogen-bond donors (Lipinski definition) is 2. The van der Waals surface area contributed by atoms with E-state index in [1.165, 1.54) is 0 Å². The fraction of sp³-hybridized carbons (Fsp3) is 0.286. The van der Waals surface area contributed by atoms with Crippen LogP contribution in [0.1, 0.15) is 29.3 Å². The molecule has 1 atom stereocenters. The molecular formula is C21H23N3O3. The summed E-state index contributed by atoms with van der Waals surface area (Å²) in [7, 11) is 0. The van der Waals surface area contributed by atoms with Crippen molar-refractivity contribution in [2.45, 2.75) is 19.9 Å². The van der Waals surface area contributed by atoms with Crippen molar-refractivity contribution in [2.75, 3.05) is 18.4 Å². The van der Waals surface area contributed by atoms with E-state index < -0.39 is 5.92 Å². The summed E-state index contributed by atoms with van der Waals surface area (Å²) in [5, 5.41) is 5.55. The molecule has 2 aromatic carbocycles. The molecule has 0 aromatic heterocycles. The molecule has 140 valence electrons. The Labute approximate surface area is 158 Å². The topological polar surface area (TPSA) is 78.5 Å². The van der Waals surface area contributed by atoms with Gasteiger partial charge in [0.1, 0.15) is 0 Å². The third-order valence-corrected chi connectivity index (χ3v) is 4.57. The quantitative estimate of drug-likeness (QED) is 0.825. The summed E-state index contributed by atoms with van der Waals surface area (Å²) in [6, 6.07) is 16.6. The van der Waals surface area contributed by atoms with Gasteiger partial charge in [-0.15, -0.1) is 0 Å². The highest BCUT2D eigenvalue weighted by Gasteiger charge is 2.34. The highest BCUT2D eigenvalue weighted by Crippen LogP contribution is 2.23. The van der Waals surface area contributed by atoms with E-state index in [1.807, 2.05) is 37.3 Å². The average Bonchev–Trinajstić information content (AvgIpc) is 3.04. The van der Waals surface area contributed by atoms with Crippen LogP contribution in [0.4, 0.5) is 5.69 Å². The first kappa shape index (κ1) is 18.6. The van der Waals surface area contributed by atoms with Gasteiger partial charge in [-0.1, -0.05) is 42.5 Å². The zero-order valence-corrected chi connectivity index (χ0v) is 15.3. The number of likely N-dealkylation sites (tertiary alicyclic amines) is 1. The van der Waals surface area contributed by atoms with Crippen molar-refractivity contribution < 1.29 is 14.4 Å². The highest BCUT2D eigenvalue weighted by atomic mass is 16.2. The number of nitrogens with one attached hydrogen (secondary N) is 2. The maximum absolute atomic E-state index is 12.7. The Kier molecular flexibility index (Phi) is 5.86. The maximum Gasteiger partial charge on any atom is 0.253 e. The van der Waals surface area contributed by atoms with Crippen molar-refractivity contribution in [3.63, 3.8) is 0 Å². The molecule has 2 N–H and O–H groups in total. The van der Waals surface area contributed by atoms with Crippen LogP contribution in [0.3, 0.4) is 0 Å². The standard InChI is InChI=1S/C21H23N3O3/c1-2-22-21(27)17-10-6-7-11-18(17)23-20(26)16-12-19(25)24(14-16)13-15-8-4-3-5-9-15/h3-11,16H,2,12-14H2,1H3,(H,22,27)(H,23,26)/t16-/m1/s1. The Hall–Kier alpha value is -3.15. The maximum atomic E-state index is 12.7. The Morgan fingerprint density at radius 3 is 2.52 bits per heavy atom. The molecule has 0 saturated carbocycles. The number of rotatable bonds is 6. The van der Waals surface area contributed by atoms with Gasteiger partial charge in [-0.25, -0.2) is 0 Å². The van der Waals surface area contributed by atoms with E-state index in [0.717, 1.165) is 5.56 Å². The Morgan fingerprint density at radius 1 is 1.07 bits per heavy atom. The first-order valence-electron chi connectivity index (χ1n) is 9.08. The van der Waals surface area contributed by atoms with E-state index >= 15 is 0 Å². The molecule has 0 spiro atoms. The van der Waals surface area contributed by atoms with Gasteiger partial charge in [-0.3, -0.25) is 14.4 Å². The van der Waals surface area contributed by atoms with E-state index in [1.54, 1.807) is 29.2 Å². The Balaban J connectivity index is 1.66. The summed E-state index contributed by atoms with van der Waals surface area (Å²) in [5.74, 6) is -0.934. The molecule has 0 aliphatic carbocycles. The number of hydrogen-bond acceptors (Lipinski definition) is 3. The van der Waals surface area contributed by atoms with E-state index in [-0.39, 0.29) is 24.1 Å². The van der Waals surface area contributed by atoms with Crippen molar-refractivity contribution in [1.29, 1.82) is 0 Å². The van der Waals surface area contributed by atoms with Crippen molar-refractivity contribution in [3.8, 4) is 0 Å². The molecule has 1 aliphatic heterocycles. The average molecular weight is 365 g/mol. The molecule has 3 amide bonds. The minimum Gasteiger partial charge on any atom is -0.352 e. The Morgan fingerprint density at radius 2 is 1.78 bits per heavy atom. The van der Waals surface area contributed by atoms with Gasteiger partial charge in [0.05, 0.1) is 17.2 Å². The van der Waals surface area contributed by atoms with Crippen LogP contribution in [-0.4, -0.2) is 35.7 Å². The van der Waals surface area contributed by atoms with Gasteiger partial charge in [-0.2, -0.15) is 0 Å². The number of benzene rings is 2. The van der Waals surface area contributed by atoms with Crippen molar-refractivity contribution in [3.05, 3.63) is 65.7 Å². The first-order valence-corrected chi connectivity index (χ1v) is 9.08. The largest absolute Gasteiger partial charge is 0.352 e. The van der Waals surface area contributed by atoms with Gasteiger partial charge in [0.25, 0.3) is 5.91 Å². The zero-order chi connectivity index (χ0) is 19.2. The van der Waals surface area contributed by atoms with Gasteiger partial charge in [0.2, 0.25) is 11.8 Å². The van der Waals surface area contributed by atoms with Gasteiger partial charge < -0.3 is 15.5 Å². The molecule has 0 bridgehead atoms. The smallest absolute Gasteiger partial charge is 0.253 e. The molecule has 6 nitrogen and oxygen atoms in total. The Bertz CT molecular complexity index is 836. The van der Waals surface area contributed by atoms with E-state index in [4.69, 9.17) is 0 Å². The lowest BCUT2D eigenvalue weighted by molar-refractivity contribution is -0.128. The molecule has 1 saturated heterocycles. The number of anilines is 1. The molecule has 2 aromatic rings. The lowest BCUT2D eigenvalue weighted by atomic mass is 10.1. The van der Waals surface area contributed by atoms with Crippen LogP contribution >= 0.6 is 0 Å². The molecule has 0 radical (unpaired) electrons. The normalized spacial score (nSPS) is 16.3. The molecule has 1 heterocycles. The van der Waals surface area contributed by atoms with Gasteiger partial charge >= 0.3 is 0 Å². The van der Waals surface area contributed by atoms with E-state index in [0.29, 0.717) is 30.9 Å². The first-order chi connectivity index (χ1) is 13.1. The lowest BCUT2D eigenvalue weighted by Crippen LogP contribution is -2.29. The van der Waals surface area contributed by atoms with Crippen LogP contribution in [-0.2, 0) is 16.1 Å². The molecule has 1 fully saturated rings. The second kappa shape index (κ2) is 8.49. The van der Waals surface area contributed by atoms with Crippen molar-refractivity contribution in [1.82, 2.24) is 10.2 Å². The summed E-state index contributed by atoms with van der Waals surface area (Å²) in [5.41, 5.74) is 1.91. The SMILES string of the molecule is CCNC(=O)c1ccccc1NC(=O)[C@@H]1CC(=O)N(Cc2ccccc2)C1. The molecule has 0 unspecified atom stereocenters. The zero-order valence-electron chi connectivity index (χ0n) is 15.3. The second-order valence-corrected chi connectivity index (χ2v) is 6.56. The number of nitrogens with zero attached hydrogens (tertiary/aromatic N) is 1. The summed E-state index contributed by atoms with van der Waals surface area (Å²) >= 11 is 0. The van der Waals surface area contributed by atoms with Crippen LogP contribution in [0.5, 0.6) is 0 Å². The second-order valence-electron chi connectivity index (χ2n) is 6.56. The lowest BCUT2D eigenvalue weighted by Gasteiger charge is -2.17. The van der Waals surface area contributed by atoms with Crippen molar-refractivity contribution >= 4 is 23.4 Å². The summed E-state index contributed by atoms with van der Waals surface area (Å²) in [6.45, 7) is 3.22. The van der Waals surface area contributed by atoms with E-state index in [2.05, 4.69) is 10.6 Å². The van der Waals surface area contributed by atoms with Crippen LogP contribution < -0.4 is 10.6 Å². The number of para-hydroxylation sites is 1. The summed E-state index contributed by atoms with van der Waals surface area (Å²) < 4.78 is 0. The predicted molar refractivity (Wildman–Crippen MR) is 103 cm³/mol. The third kappa shape index (κ3) is 4.53. The van der Waals surface area contributed by atoms with Crippen molar-refractivity contribution in [2.24, 2.45) is 5.92 Å². The predicted octanol–water partition coefficient (Wildman–Crippen LogP) is 2.42. The number of carbonyl (C=O) groups is 3. The monoisotopic (exact) mass is 365 g/mol. The van der Waals surface area contributed by atoms with Gasteiger partial charge in [0.15, 0.2) is 0 Å². The number of amides is 3.